The van der Waals surface area contributed by atoms with Crippen LogP contribution in [0, 0.1) is 18.8 Å². The van der Waals surface area contributed by atoms with Crippen molar-refractivity contribution in [1.82, 2.24) is 10.2 Å². The van der Waals surface area contributed by atoms with Crippen molar-refractivity contribution in [2.45, 2.75) is 20.8 Å². The van der Waals surface area contributed by atoms with E-state index in [0.717, 1.165) is 30.8 Å². The Hall–Kier alpha value is -1.83. The molecule has 1 aromatic rings. The van der Waals surface area contributed by atoms with Crippen molar-refractivity contribution in [2.75, 3.05) is 32.8 Å². The maximum absolute atomic E-state index is 12.1. The number of carbonyl (C=O) groups excluding carboxylic acids is 1. The van der Waals surface area contributed by atoms with Gasteiger partial charge in [-0.15, -0.1) is 0 Å². The summed E-state index contributed by atoms with van der Waals surface area (Å²) in [6.07, 6.45) is 0. The minimum atomic E-state index is -0.181. The van der Waals surface area contributed by atoms with E-state index in [1.165, 1.54) is 0 Å². The Kier molecular flexibility index (Phi) is 7.52. The zero-order valence-corrected chi connectivity index (χ0v) is 13.1. The van der Waals surface area contributed by atoms with E-state index in [1.54, 1.807) is 12.1 Å². The second-order valence-corrected chi connectivity index (χ2v) is 4.77. The van der Waals surface area contributed by atoms with Crippen molar-refractivity contribution in [1.29, 1.82) is 0 Å². The molecule has 4 heteroatoms. The molecule has 1 aromatic carbocycles. The Morgan fingerprint density at radius 3 is 2.67 bits per heavy atom. The van der Waals surface area contributed by atoms with Gasteiger partial charge in [-0.3, -0.25) is 4.79 Å². The molecule has 0 bridgehead atoms. The van der Waals surface area contributed by atoms with Crippen molar-refractivity contribution in [3.8, 4) is 11.8 Å². The van der Waals surface area contributed by atoms with Gasteiger partial charge in [-0.05, 0) is 37.7 Å². The van der Waals surface area contributed by atoms with Crippen LogP contribution in [0.2, 0.25) is 0 Å². The van der Waals surface area contributed by atoms with Crippen molar-refractivity contribution in [3.05, 3.63) is 34.9 Å². The Labute approximate surface area is 127 Å². The number of aryl methyl sites for hydroxylation is 1. The van der Waals surface area contributed by atoms with Gasteiger partial charge in [-0.1, -0.05) is 31.8 Å². The normalized spacial score (nSPS) is 10.1. The van der Waals surface area contributed by atoms with Gasteiger partial charge in [0, 0.05) is 24.2 Å². The largest absolute Gasteiger partial charge is 0.384 e. The van der Waals surface area contributed by atoms with Gasteiger partial charge < -0.3 is 15.3 Å². The third kappa shape index (κ3) is 5.58. The van der Waals surface area contributed by atoms with Gasteiger partial charge in [0.1, 0.15) is 6.61 Å². The summed E-state index contributed by atoms with van der Waals surface area (Å²) in [6.45, 7) is 9.42. The highest BCUT2D eigenvalue weighted by Crippen LogP contribution is 2.10. The molecule has 0 aliphatic heterocycles. The minimum Gasteiger partial charge on any atom is -0.384 e. The molecule has 0 aromatic heterocycles. The van der Waals surface area contributed by atoms with Crippen LogP contribution in [0.4, 0.5) is 0 Å². The molecule has 0 unspecified atom stereocenters. The van der Waals surface area contributed by atoms with Crippen LogP contribution >= 0.6 is 0 Å². The number of nitrogens with one attached hydrogen (secondary N) is 1. The first-order chi connectivity index (χ1) is 10.1. The van der Waals surface area contributed by atoms with Crippen LogP contribution in [0.5, 0.6) is 0 Å². The lowest BCUT2D eigenvalue weighted by Gasteiger charge is -2.18. The van der Waals surface area contributed by atoms with Crippen molar-refractivity contribution < 1.29 is 9.90 Å². The first-order valence-corrected chi connectivity index (χ1v) is 7.33. The average molecular weight is 288 g/mol. The SMILES string of the molecule is CCN(CC)CCNC(=O)c1ccc(C)c(C#CCO)c1. The van der Waals surface area contributed by atoms with E-state index in [0.29, 0.717) is 12.1 Å². The summed E-state index contributed by atoms with van der Waals surface area (Å²) in [4.78, 5) is 14.4. The van der Waals surface area contributed by atoms with Crippen LogP contribution in [0.1, 0.15) is 35.3 Å². The fourth-order valence-corrected chi connectivity index (χ4v) is 2.00. The summed E-state index contributed by atoms with van der Waals surface area (Å²) in [7, 11) is 0. The quantitative estimate of drug-likeness (QED) is 0.778. The third-order valence-electron chi connectivity index (χ3n) is 3.41. The van der Waals surface area contributed by atoms with Gasteiger partial charge in [0.2, 0.25) is 0 Å². The van der Waals surface area contributed by atoms with E-state index >= 15 is 0 Å². The lowest BCUT2D eigenvalue weighted by atomic mass is 10.0. The standard InChI is InChI=1S/C17H24N2O2/c1-4-19(5-2)11-10-18-17(21)16-9-8-14(3)15(13-16)7-6-12-20/h8-9,13,20H,4-5,10-12H2,1-3H3,(H,18,21). The van der Waals surface area contributed by atoms with Gasteiger partial charge in [0.25, 0.3) is 5.91 Å². The fraction of sp³-hybridized carbons (Fsp3) is 0.471. The summed E-state index contributed by atoms with van der Waals surface area (Å²) in [5.41, 5.74) is 2.37. The number of carbonyl (C=O) groups is 1. The third-order valence-corrected chi connectivity index (χ3v) is 3.41. The zero-order chi connectivity index (χ0) is 15.7. The molecular weight excluding hydrogens is 264 g/mol. The van der Waals surface area contributed by atoms with Crippen LogP contribution in [0.3, 0.4) is 0 Å². The number of aliphatic hydroxyl groups is 1. The minimum absolute atomic E-state index is 0.0887. The molecule has 0 atom stereocenters. The molecule has 2 N–H and O–H groups in total. The molecule has 1 amide bonds. The first-order valence-electron chi connectivity index (χ1n) is 7.33. The van der Waals surface area contributed by atoms with E-state index in [-0.39, 0.29) is 12.5 Å². The molecule has 0 saturated heterocycles. The maximum atomic E-state index is 12.1. The molecule has 0 heterocycles. The number of likely N-dealkylation sites (N-methyl/N-ethyl adjacent to an activating group) is 1. The van der Waals surface area contributed by atoms with E-state index in [1.807, 2.05) is 13.0 Å². The lowest BCUT2D eigenvalue weighted by Crippen LogP contribution is -2.34. The Morgan fingerprint density at radius 2 is 2.05 bits per heavy atom. The summed E-state index contributed by atoms with van der Waals surface area (Å²) >= 11 is 0. The second-order valence-electron chi connectivity index (χ2n) is 4.77. The summed E-state index contributed by atoms with van der Waals surface area (Å²) in [5, 5.41) is 11.7. The number of hydrogen-bond acceptors (Lipinski definition) is 3. The molecule has 0 spiro atoms. The van der Waals surface area contributed by atoms with Crippen molar-refractivity contribution >= 4 is 5.91 Å². The Balaban J connectivity index is 2.66. The van der Waals surface area contributed by atoms with Crippen LogP contribution in [0.15, 0.2) is 18.2 Å². The maximum Gasteiger partial charge on any atom is 0.251 e. The fourth-order valence-electron chi connectivity index (χ4n) is 2.00. The van der Waals surface area contributed by atoms with Gasteiger partial charge in [-0.2, -0.15) is 0 Å². The number of benzene rings is 1. The van der Waals surface area contributed by atoms with Crippen LogP contribution < -0.4 is 5.32 Å². The highest BCUT2D eigenvalue weighted by atomic mass is 16.2. The number of amides is 1. The zero-order valence-electron chi connectivity index (χ0n) is 13.1. The number of aliphatic hydroxyl groups excluding tert-OH is 1. The van der Waals surface area contributed by atoms with Gasteiger partial charge in [0.15, 0.2) is 0 Å². The summed E-state index contributed by atoms with van der Waals surface area (Å²) in [6, 6.07) is 5.44. The van der Waals surface area contributed by atoms with Gasteiger partial charge >= 0.3 is 0 Å². The average Bonchev–Trinajstić information content (AvgIpc) is 2.50. The lowest BCUT2D eigenvalue weighted by molar-refractivity contribution is 0.0949. The molecule has 0 aliphatic carbocycles. The van der Waals surface area contributed by atoms with Gasteiger partial charge in [0.05, 0.1) is 0 Å². The van der Waals surface area contributed by atoms with Crippen LogP contribution in [-0.2, 0) is 0 Å². The molecule has 1 rings (SSSR count). The van der Waals surface area contributed by atoms with E-state index in [4.69, 9.17) is 5.11 Å². The molecule has 4 nitrogen and oxygen atoms in total. The van der Waals surface area contributed by atoms with E-state index < -0.39 is 0 Å². The Morgan fingerprint density at radius 1 is 1.33 bits per heavy atom. The second kappa shape index (κ2) is 9.17. The Bertz CT molecular complexity index is 525. The van der Waals surface area contributed by atoms with Crippen LogP contribution in [-0.4, -0.2) is 48.7 Å². The van der Waals surface area contributed by atoms with E-state index in [2.05, 4.69) is 35.9 Å². The molecule has 0 radical (unpaired) electrons. The number of rotatable bonds is 6. The monoisotopic (exact) mass is 288 g/mol. The van der Waals surface area contributed by atoms with Crippen molar-refractivity contribution in [3.63, 3.8) is 0 Å². The molecular formula is C17H24N2O2. The van der Waals surface area contributed by atoms with Crippen LogP contribution in [0.25, 0.3) is 0 Å². The molecule has 0 fully saturated rings. The first kappa shape index (κ1) is 17.2. The van der Waals surface area contributed by atoms with Gasteiger partial charge in [-0.25, -0.2) is 0 Å². The predicted molar refractivity (Wildman–Crippen MR) is 85.3 cm³/mol. The molecule has 0 aliphatic rings. The summed E-state index contributed by atoms with van der Waals surface area (Å²) in [5.74, 6) is 5.39. The van der Waals surface area contributed by atoms with E-state index in [9.17, 15) is 4.79 Å². The smallest absolute Gasteiger partial charge is 0.251 e. The highest BCUT2D eigenvalue weighted by molar-refractivity contribution is 5.94. The number of hydrogen-bond donors (Lipinski definition) is 2. The molecule has 114 valence electrons. The topological polar surface area (TPSA) is 52.6 Å². The molecule has 21 heavy (non-hydrogen) atoms. The number of nitrogens with zero attached hydrogens (tertiary/aromatic N) is 1. The van der Waals surface area contributed by atoms with Crippen molar-refractivity contribution in [2.24, 2.45) is 0 Å². The summed E-state index contributed by atoms with van der Waals surface area (Å²) < 4.78 is 0. The predicted octanol–water partition coefficient (Wildman–Crippen LogP) is 1.41. The highest BCUT2D eigenvalue weighted by Gasteiger charge is 2.07. The molecule has 0 saturated carbocycles.